The Morgan fingerprint density at radius 1 is 1.32 bits per heavy atom. The molecule has 0 atom stereocenters. The van der Waals surface area contributed by atoms with Crippen molar-refractivity contribution in [3.05, 3.63) is 30.3 Å². The summed E-state index contributed by atoms with van der Waals surface area (Å²) in [5, 5.41) is 9.76. The molecule has 0 amide bonds. The molecule has 1 N–H and O–H groups in total. The lowest BCUT2D eigenvalue weighted by Gasteiger charge is -2.23. The zero-order valence-corrected chi connectivity index (χ0v) is 10.7. The lowest BCUT2D eigenvalue weighted by Crippen LogP contribution is -2.31. The largest absolute Gasteiger partial charge is 0.395 e. The van der Waals surface area contributed by atoms with Gasteiger partial charge >= 0.3 is 0 Å². The molecule has 1 aromatic heterocycles. The molecule has 1 heterocycles. The van der Waals surface area contributed by atoms with Gasteiger partial charge in [-0.3, -0.25) is 0 Å². The van der Waals surface area contributed by atoms with Gasteiger partial charge in [0.15, 0.2) is 0 Å². The smallest absolute Gasteiger partial charge is 0.140 e. The first-order chi connectivity index (χ1) is 9.26. The Morgan fingerprint density at radius 3 is 2.89 bits per heavy atom. The van der Waals surface area contributed by atoms with Crippen LogP contribution in [0.2, 0.25) is 0 Å². The molecule has 0 saturated carbocycles. The van der Waals surface area contributed by atoms with E-state index in [1.807, 2.05) is 4.90 Å². The molecule has 0 radical (unpaired) electrons. The van der Waals surface area contributed by atoms with Gasteiger partial charge in [-0.2, -0.15) is 0 Å². The van der Waals surface area contributed by atoms with Gasteiger partial charge in [-0.25, -0.2) is 14.4 Å². The lowest BCUT2D eigenvalue weighted by atomic mass is 10.2. The summed E-state index contributed by atoms with van der Waals surface area (Å²) in [6.45, 7) is 1.47. The van der Waals surface area contributed by atoms with Gasteiger partial charge in [0.05, 0.1) is 18.7 Å². The van der Waals surface area contributed by atoms with Crippen LogP contribution in [0.4, 0.5) is 10.2 Å². The summed E-state index contributed by atoms with van der Waals surface area (Å²) in [7, 11) is 1.61. The predicted octanol–water partition coefficient (Wildman–Crippen LogP) is 1.21. The number of aliphatic hydroxyl groups is 1. The molecule has 102 valence electrons. The zero-order chi connectivity index (χ0) is 13.7. The topological polar surface area (TPSA) is 58.5 Å². The van der Waals surface area contributed by atoms with Crippen molar-refractivity contribution in [1.82, 2.24) is 9.97 Å². The molecule has 0 spiro atoms. The number of rotatable bonds is 6. The molecule has 5 nitrogen and oxygen atoms in total. The van der Waals surface area contributed by atoms with Crippen LogP contribution in [0.15, 0.2) is 24.5 Å². The van der Waals surface area contributed by atoms with E-state index in [4.69, 9.17) is 9.84 Å². The standard InChI is InChI=1S/C13H16FN3O2/c1-19-7-5-17(4-6-18)13-11-8-10(14)2-3-12(11)15-9-16-13/h2-3,8-9,18H,4-7H2,1H3. The Bertz CT molecular complexity index is 550. The number of methoxy groups -OCH3 is 1. The summed E-state index contributed by atoms with van der Waals surface area (Å²) in [5.41, 5.74) is 0.673. The third-order valence-electron chi connectivity index (χ3n) is 2.81. The van der Waals surface area contributed by atoms with Gasteiger partial charge < -0.3 is 14.7 Å². The second-order valence-electron chi connectivity index (χ2n) is 4.06. The maximum atomic E-state index is 13.4. The SMILES string of the molecule is COCCN(CCO)c1ncnc2ccc(F)cc12. The normalized spacial score (nSPS) is 10.9. The molecule has 1 aromatic carbocycles. The summed E-state index contributed by atoms with van der Waals surface area (Å²) in [5.74, 6) is 0.273. The van der Waals surface area contributed by atoms with E-state index in [1.165, 1.54) is 18.5 Å². The highest BCUT2D eigenvalue weighted by atomic mass is 19.1. The van der Waals surface area contributed by atoms with Crippen molar-refractivity contribution in [1.29, 1.82) is 0 Å². The van der Waals surface area contributed by atoms with Crippen LogP contribution in [0.1, 0.15) is 0 Å². The first-order valence-corrected chi connectivity index (χ1v) is 6.01. The van der Waals surface area contributed by atoms with Crippen LogP contribution < -0.4 is 4.90 Å². The van der Waals surface area contributed by atoms with Gasteiger partial charge in [0.25, 0.3) is 0 Å². The highest BCUT2D eigenvalue weighted by Crippen LogP contribution is 2.23. The molecule has 2 aromatic rings. The van der Waals surface area contributed by atoms with E-state index in [2.05, 4.69) is 9.97 Å². The number of hydrogen-bond donors (Lipinski definition) is 1. The molecule has 19 heavy (non-hydrogen) atoms. The molecule has 6 heteroatoms. The number of halogens is 1. The van der Waals surface area contributed by atoms with Crippen LogP contribution in [0.5, 0.6) is 0 Å². The molecule has 0 fully saturated rings. The molecule has 2 rings (SSSR count). The molecule has 0 bridgehead atoms. The average Bonchev–Trinajstić information content (AvgIpc) is 2.43. The molecule has 0 aliphatic carbocycles. The Labute approximate surface area is 110 Å². The summed E-state index contributed by atoms with van der Waals surface area (Å²) in [6, 6.07) is 4.38. The molecule has 0 saturated heterocycles. The summed E-state index contributed by atoms with van der Waals surface area (Å²) in [6.07, 6.45) is 1.44. The van der Waals surface area contributed by atoms with Crippen molar-refractivity contribution in [2.24, 2.45) is 0 Å². The van der Waals surface area contributed by atoms with Gasteiger partial charge in [0, 0.05) is 25.6 Å². The van der Waals surface area contributed by atoms with Crippen molar-refractivity contribution >= 4 is 16.7 Å². The second kappa shape index (κ2) is 6.40. The third-order valence-corrected chi connectivity index (χ3v) is 2.81. The number of hydrogen-bond acceptors (Lipinski definition) is 5. The Balaban J connectivity index is 2.42. The van der Waals surface area contributed by atoms with E-state index in [0.29, 0.717) is 36.4 Å². The third kappa shape index (κ3) is 3.15. The summed E-state index contributed by atoms with van der Waals surface area (Å²) in [4.78, 5) is 10.2. The molecule has 0 aliphatic heterocycles. The fraction of sp³-hybridized carbons (Fsp3) is 0.385. The number of anilines is 1. The Hall–Kier alpha value is -1.79. The number of aromatic nitrogens is 2. The zero-order valence-electron chi connectivity index (χ0n) is 10.7. The van der Waals surface area contributed by atoms with Crippen molar-refractivity contribution < 1.29 is 14.2 Å². The van der Waals surface area contributed by atoms with Gasteiger partial charge in [0.1, 0.15) is 18.0 Å². The minimum absolute atomic E-state index is 0.00940. The van der Waals surface area contributed by atoms with Crippen molar-refractivity contribution in [3.8, 4) is 0 Å². The summed E-state index contributed by atoms with van der Waals surface area (Å²) < 4.78 is 18.4. The van der Waals surface area contributed by atoms with Crippen LogP contribution in [-0.2, 0) is 4.74 Å². The minimum atomic E-state index is -0.334. The fourth-order valence-corrected chi connectivity index (χ4v) is 1.91. The monoisotopic (exact) mass is 265 g/mol. The molecule has 0 unspecified atom stereocenters. The van der Waals surface area contributed by atoms with E-state index in [1.54, 1.807) is 13.2 Å². The highest BCUT2D eigenvalue weighted by molar-refractivity contribution is 5.89. The molecule has 0 aliphatic rings. The highest BCUT2D eigenvalue weighted by Gasteiger charge is 2.12. The van der Waals surface area contributed by atoms with Crippen molar-refractivity contribution in [2.75, 3.05) is 38.3 Å². The lowest BCUT2D eigenvalue weighted by molar-refractivity contribution is 0.202. The molecular weight excluding hydrogens is 249 g/mol. The number of aliphatic hydroxyl groups excluding tert-OH is 1. The van der Waals surface area contributed by atoms with Gasteiger partial charge in [-0.1, -0.05) is 0 Å². The minimum Gasteiger partial charge on any atom is -0.395 e. The van der Waals surface area contributed by atoms with Crippen LogP contribution in [0.25, 0.3) is 10.9 Å². The summed E-state index contributed by atoms with van der Waals surface area (Å²) >= 11 is 0. The molecular formula is C13H16FN3O2. The van der Waals surface area contributed by atoms with Crippen LogP contribution in [-0.4, -0.2) is 48.5 Å². The van der Waals surface area contributed by atoms with E-state index < -0.39 is 0 Å². The van der Waals surface area contributed by atoms with Gasteiger partial charge in [-0.05, 0) is 18.2 Å². The van der Waals surface area contributed by atoms with Crippen LogP contribution >= 0.6 is 0 Å². The van der Waals surface area contributed by atoms with Crippen molar-refractivity contribution in [3.63, 3.8) is 0 Å². The average molecular weight is 265 g/mol. The van der Waals surface area contributed by atoms with Gasteiger partial charge in [0.2, 0.25) is 0 Å². The predicted molar refractivity (Wildman–Crippen MR) is 70.7 cm³/mol. The number of nitrogens with zero attached hydrogens (tertiary/aromatic N) is 3. The van der Waals surface area contributed by atoms with E-state index in [-0.39, 0.29) is 12.4 Å². The maximum absolute atomic E-state index is 13.4. The van der Waals surface area contributed by atoms with Gasteiger partial charge in [-0.15, -0.1) is 0 Å². The van der Waals surface area contributed by atoms with Crippen LogP contribution in [0.3, 0.4) is 0 Å². The fourth-order valence-electron chi connectivity index (χ4n) is 1.91. The quantitative estimate of drug-likeness (QED) is 0.851. The Morgan fingerprint density at radius 2 is 2.16 bits per heavy atom. The van der Waals surface area contributed by atoms with E-state index in [9.17, 15) is 4.39 Å². The first-order valence-electron chi connectivity index (χ1n) is 6.01. The maximum Gasteiger partial charge on any atom is 0.140 e. The van der Waals surface area contributed by atoms with Crippen molar-refractivity contribution in [2.45, 2.75) is 0 Å². The second-order valence-corrected chi connectivity index (χ2v) is 4.06. The van der Waals surface area contributed by atoms with E-state index in [0.717, 1.165) is 0 Å². The first kappa shape index (κ1) is 13.6. The number of ether oxygens (including phenoxy) is 1. The number of fused-ring (bicyclic) bond motifs is 1. The van der Waals surface area contributed by atoms with E-state index >= 15 is 0 Å². The number of benzene rings is 1. The van der Waals surface area contributed by atoms with Crippen LogP contribution in [0, 0.1) is 5.82 Å². The Kier molecular flexibility index (Phi) is 4.59.